The lowest BCUT2D eigenvalue weighted by atomic mass is 9.95. The molecule has 1 aliphatic rings. The number of halogens is 1. The molecule has 146 valence electrons. The molecule has 0 bridgehead atoms. The van der Waals surface area contributed by atoms with Crippen molar-refractivity contribution >= 4 is 40.2 Å². The summed E-state index contributed by atoms with van der Waals surface area (Å²) in [7, 11) is 0. The number of nitrogens with zero attached hydrogens (tertiary/aromatic N) is 2. The maximum Gasteiger partial charge on any atom is 0.262 e. The second kappa shape index (κ2) is 9.11. The van der Waals surface area contributed by atoms with E-state index in [1.165, 1.54) is 18.2 Å². The lowest BCUT2D eigenvalue weighted by Crippen LogP contribution is -2.33. The third kappa shape index (κ3) is 4.66. The Labute approximate surface area is 168 Å². The summed E-state index contributed by atoms with van der Waals surface area (Å²) < 4.78 is 1.82. The van der Waals surface area contributed by atoms with Crippen LogP contribution in [0.1, 0.15) is 58.4 Å². The summed E-state index contributed by atoms with van der Waals surface area (Å²) in [5.74, 6) is -0.0301. The van der Waals surface area contributed by atoms with E-state index in [2.05, 4.69) is 5.32 Å². The summed E-state index contributed by atoms with van der Waals surface area (Å²) in [6.07, 6.45) is 6.29. The largest absolute Gasteiger partial charge is 0.355 e. The molecule has 1 N–H and O–H groups in total. The summed E-state index contributed by atoms with van der Waals surface area (Å²) in [5, 5.41) is 4.34. The molecule has 1 aromatic heterocycles. The van der Waals surface area contributed by atoms with E-state index in [4.69, 9.17) is 16.6 Å². The summed E-state index contributed by atoms with van der Waals surface area (Å²) in [5.41, 5.74) is 0.551. The average molecular weight is 408 g/mol. The molecule has 7 heteroatoms. The molecule has 0 saturated heterocycles. The molecule has 1 aliphatic carbocycles. The number of benzene rings is 1. The Morgan fingerprint density at radius 2 is 2.11 bits per heavy atom. The Morgan fingerprint density at radius 3 is 2.81 bits per heavy atom. The van der Waals surface area contributed by atoms with Crippen LogP contribution in [0.5, 0.6) is 0 Å². The predicted octanol–water partition coefficient (Wildman–Crippen LogP) is 4.56. The first-order valence-electron chi connectivity index (χ1n) is 9.67. The van der Waals surface area contributed by atoms with Gasteiger partial charge in [0.25, 0.3) is 5.56 Å². The number of amides is 1. The minimum atomic E-state index is -0.324. The Hall–Kier alpha value is -1.53. The third-order valence-corrected chi connectivity index (χ3v) is 6.27. The summed E-state index contributed by atoms with van der Waals surface area (Å²) in [6.45, 7) is 4.53. The Kier molecular flexibility index (Phi) is 6.82. The minimum absolute atomic E-state index is 0.0301. The topological polar surface area (TPSA) is 64.0 Å². The maximum atomic E-state index is 13.2. The highest BCUT2D eigenvalue weighted by atomic mass is 35.5. The van der Waals surface area contributed by atoms with Gasteiger partial charge in [0.1, 0.15) is 0 Å². The van der Waals surface area contributed by atoms with Gasteiger partial charge in [0.05, 0.1) is 16.2 Å². The van der Waals surface area contributed by atoms with Gasteiger partial charge in [-0.15, -0.1) is 0 Å². The fourth-order valence-electron chi connectivity index (χ4n) is 3.50. The van der Waals surface area contributed by atoms with Gasteiger partial charge in [-0.05, 0) is 44.4 Å². The molecule has 1 fully saturated rings. The summed E-state index contributed by atoms with van der Waals surface area (Å²) in [4.78, 5) is 30.3. The van der Waals surface area contributed by atoms with E-state index in [0.29, 0.717) is 27.6 Å². The Morgan fingerprint density at radius 1 is 1.37 bits per heavy atom. The lowest BCUT2D eigenvalue weighted by molar-refractivity contribution is -0.120. The first-order chi connectivity index (χ1) is 13.0. The second-order valence-corrected chi connectivity index (χ2v) is 8.82. The van der Waals surface area contributed by atoms with E-state index in [-0.39, 0.29) is 22.8 Å². The molecular formula is C20H26ClN3O2S. The Bertz CT molecular complexity index is 877. The molecule has 0 spiro atoms. The SMILES string of the molecule is CCCNC(=O)[C@@H](C)Sc1nc2cc(Cl)ccc2c(=O)n1C1CCCCC1. The first kappa shape index (κ1) is 20.2. The zero-order chi connectivity index (χ0) is 19.4. The van der Waals surface area contributed by atoms with Crippen LogP contribution in [0.2, 0.25) is 5.02 Å². The molecule has 27 heavy (non-hydrogen) atoms. The van der Waals surface area contributed by atoms with Crippen LogP contribution in [-0.2, 0) is 4.79 Å². The Balaban J connectivity index is 2.02. The molecular weight excluding hydrogens is 382 g/mol. The molecule has 1 aromatic carbocycles. The van der Waals surface area contributed by atoms with Crippen molar-refractivity contribution < 1.29 is 4.79 Å². The van der Waals surface area contributed by atoms with Gasteiger partial charge in [-0.3, -0.25) is 14.2 Å². The molecule has 0 radical (unpaired) electrons. The van der Waals surface area contributed by atoms with E-state index in [9.17, 15) is 9.59 Å². The standard InChI is InChI=1S/C20H26ClN3O2S/c1-3-11-22-18(25)13(2)27-20-23-17-12-14(21)9-10-16(17)19(26)24(20)15-7-5-4-6-8-15/h9-10,12-13,15H,3-8,11H2,1-2H3,(H,22,25)/t13-/m1/s1. The van der Waals surface area contributed by atoms with Crippen LogP contribution < -0.4 is 10.9 Å². The van der Waals surface area contributed by atoms with Crippen molar-refractivity contribution in [3.8, 4) is 0 Å². The quantitative estimate of drug-likeness (QED) is 0.563. The van der Waals surface area contributed by atoms with Gasteiger partial charge in [0.2, 0.25) is 5.91 Å². The van der Waals surface area contributed by atoms with Crippen molar-refractivity contribution in [2.45, 2.75) is 68.8 Å². The number of fused-ring (bicyclic) bond motifs is 1. The van der Waals surface area contributed by atoms with Crippen LogP contribution >= 0.6 is 23.4 Å². The fourth-order valence-corrected chi connectivity index (χ4v) is 4.67. The van der Waals surface area contributed by atoms with E-state index in [0.717, 1.165) is 32.1 Å². The van der Waals surface area contributed by atoms with E-state index < -0.39 is 0 Å². The fraction of sp³-hybridized carbons (Fsp3) is 0.550. The average Bonchev–Trinajstić information content (AvgIpc) is 2.66. The highest BCUT2D eigenvalue weighted by Crippen LogP contribution is 2.32. The molecule has 1 saturated carbocycles. The number of aromatic nitrogens is 2. The predicted molar refractivity (Wildman–Crippen MR) is 112 cm³/mol. The number of carbonyl (C=O) groups is 1. The van der Waals surface area contributed by atoms with Gasteiger partial charge >= 0.3 is 0 Å². The number of thioether (sulfide) groups is 1. The van der Waals surface area contributed by atoms with Gasteiger partial charge in [0, 0.05) is 17.6 Å². The van der Waals surface area contributed by atoms with Crippen LogP contribution in [0, 0.1) is 0 Å². The molecule has 3 rings (SSSR count). The van der Waals surface area contributed by atoms with Crippen molar-refractivity contribution in [2.24, 2.45) is 0 Å². The molecule has 1 atom stereocenters. The monoisotopic (exact) mass is 407 g/mol. The van der Waals surface area contributed by atoms with E-state index in [1.54, 1.807) is 18.2 Å². The first-order valence-corrected chi connectivity index (χ1v) is 10.9. The molecule has 1 heterocycles. The van der Waals surface area contributed by atoms with E-state index >= 15 is 0 Å². The maximum absolute atomic E-state index is 13.2. The van der Waals surface area contributed by atoms with Gasteiger partial charge in [-0.2, -0.15) is 0 Å². The number of hydrogen-bond acceptors (Lipinski definition) is 4. The molecule has 1 amide bonds. The molecule has 0 aliphatic heterocycles. The highest BCUT2D eigenvalue weighted by Gasteiger charge is 2.24. The van der Waals surface area contributed by atoms with Crippen LogP contribution in [-0.4, -0.2) is 27.3 Å². The normalized spacial score (nSPS) is 16.4. The van der Waals surface area contributed by atoms with Crippen LogP contribution in [0.3, 0.4) is 0 Å². The van der Waals surface area contributed by atoms with Crippen LogP contribution in [0.25, 0.3) is 10.9 Å². The van der Waals surface area contributed by atoms with Crippen molar-refractivity contribution in [1.82, 2.24) is 14.9 Å². The summed E-state index contributed by atoms with van der Waals surface area (Å²) in [6, 6.07) is 5.34. The minimum Gasteiger partial charge on any atom is -0.355 e. The van der Waals surface area contributed by atoms with Crippen molar-refractivity contribution in [3.05, 3.63) is 33.6 Å². The van der Waals surface area contributed by atoms with Crippen molar-refractivity contribution in [3.63, 3.8) is 0 Å². The molecule has 2 aromatic rings. The van der Waals surface area contributed by atoms with Crippen molar-refractivity contribution in [2.75, 3.05) is 6.54 Å². The second-order valence-electron chi connectivity index (χ2n) is 7.07. The van der Waals surface area contributed by atoms with Crippen LogP contribution in [0.4, 0.5) is 0 Å². The van der Waals surface area contributed by atoms with Gasteiger partial charge in [-0.1, -0.05) is 49.5 Å². The van der Waals surface area contributed by atoms with Gasteiger partial charge < -0.3 is 5.32 Å². The number of hydrogen-bond donors (Lipinski definition) is 1. The zero-order valence-corrected chi connectivity index (χ0v) is 17.4. The van der Waals surface area contributed by atoms with Crippen molar-refractivity contribution in [1.29, 1.82) is 0 Å². The highest BCUT2D eigenvalue weighted by molar-refractivity contribution is 8.00. The summed E-state index contributed by atoms with van der Waals surface area (Å²) >= 11 is 7.46. The molecule has 0 unspecified atom stereocenters. The number of rotatable bonds is 6. The zero-order valence-electron chi connectivity index (χ0n) is 15.8. The smallest absolute Gasteiger partial charge is 0.262 e. The van der Waals surface area contributed by atoms with E-state index in [1.807, 2.05) is 18.4 Å². The lowest BCUT2D eigenvalue weighted by Gasteiger charge is -2.26. The van der Waals surface area contributed by atoms with Gasteiger partial charge in [-0.25, -0.2) is 4.98 Å². The number of carbonyl (C=O) groups excluding carboxylic acids is 1. The third-order valence-electron chi connectivity index (χ3n) is 4.97. The molecule has 5 nitrogen and oxygen atoms in total. The van der Waals surface area contributed by atoms with Crippen LogP contribution in [0.15, 0.2) is 28.2 Å². The number of nitrogens with one attached hydrogen (secondary N) is 1. The van der Waals surface area contributed by atoms with Gasteiger partial charge in [0.15, 0.2) is 5.16 Å².